The lowest BCUT2D eigenvalue weighted by Crippen LogP contribution is -2.18. The van der Waals surface area contributed by atoms with Gasteiger partial charge in [0.1, 0.15) is 0 Å². The van der Waals surface area contributed by atoms with Gasteiger partial charge >= 0.3 is 0 Å². The van der Waals surface area contributed by atoms with Crippen molar-refractivity contribution in [1.29, 1.82) is 0 Å². The molecule has 0 amide bonds. The van der Waals surface area contributed by atoms with Gasteiger partial charge < -0.3 is 0 Å². The van der Waals surface area contributed by atoms with Gasteiger partial charge in [-0.15, -0.1) is 6.58 Å². The molecule has 0 fully saturated rings. The monoisotopic (exact) mass is 176 g/mol. The molecule has 11 heavy (non-hydrogen) atoms. The third-order valence-corrected chi connectivity index (χ3v) is 3.86. The van der Waals surface area contributed by atoms with Crippen molar-refractivity contribution in [3.63, 3.8) is 0 Å². The topological polar surface area (TPSA) is 34.1 Å². The number of hydrogen-bond acceptors (Lipinski definition) is 2. The van der Waals surface area contributed by atoms with Crippen molar-refractivity contribution in [2.75, 3.05) is 5.75 Å². The molecule has 0 saturated carbocycles. The summed E-state index contributed by atoms with van der Waals surface area (Å²) in [6, 6.07) is 0. The summed E-state index contributed by atoms with van der Waals surface area (Å²) in [6.45, 7) is 7.10. The molecule has 0 aromatic carbocycles. The Labute approximate surface area is 69.2 Å². The predicted octanol–water partition coefficient (Wildman–Crippen LogP) is 1.78. The third-order valence-electron chi connectivity index (χ3n) is 1.68. The summed E-state index contributed by atoms with van der Waals surface area (Å²) in [4.78, 5) is 0. The molecule has 0 aliphatic carbocycles. The van der Waals surface area contributed by atoms with Gasteiger partial charge in [0.05, 0.1) is 11.0 Å². The summed E-state index contributed by atoms with van der Waals surface area (Å²) in [7, 11) is -2.89. The zero-order valence-electron chi connectivity index (χ0n) is 7.21. The summed E-state index contributed by atoms with van der Waals surface area (Å²) in [5, 5.41) is -0.394. The zero-order valence-corrected chi connectivity index (χ0v) is 8.02. The zero-order chi connectivity index (χ0) is 8.91. The lowest BCUT2D eigenvalue weighted by atomic mass is 10.4. The van der Waals surface area contributed by atoms with Crippen LogP contribution in [0.3, 0.4) is 0 Å². The largest absolute Gasteiger partial charge is 0.228 e. The fourth-order valence-corrected chi connectivity index (χ4v) is 2.03. The molecule has 2 nitrogen and oxygen atoms in total. The normalized spacial score (nSPS) is 14.4. The van der Waals surface area contributed by atoms with Crippen LogP contribution in [0, 0.1) is 0 Å². The van der Waals surface area contributed by atoms with Crippen molar-refractivity contribution < 1.29 is 8.42 Å². The minimum Gasteiger partial charge on any atom is -0.228 e. The maximum Gasteiger partial charge on any atom is 0.156 e. The molecule has 0 aromatic heterocycles. The molecule has 0 rings (SSSR count). The van der Waals surface area contributed by atoms with Crippen LogP contribution in [-0.4, -0.2) is 19.4 Å². The van der Waals surface area contributed by atoms with Gasteiger partial charge in [-0.25, -0.2) is 8.42 Å². The molecule has 0 saturated heterocycles. The summed E-state index contributed by atoms with van der Waals surface area (Å²) in [5.41, 5.74) is 0. The first-order valence-electron chi connectivity index (χ1n) is 3.88. The van der Waals surface area contributed by atoms with Crippen molar-refractivity contribution in [3.05, 3.63) is 12.7 Å². The van der Waals surface area contributed by atoms with E-state index in [1.807, 2.05) is 6.92 Å². The highest BCUT2D eigenvalue weighted by Crippen LogP contribution is 2.05. The Morgan fingerprint density at radius 3 is 2.45 bits per heavy atom. The van der Waals surface area contributed by atoms with Crippen molar-refractivity contribution in [3.8, 4) is 0 Å². The number of rotatable bonds is 5. The summed E-state index contributed by atoms with van der Waals surface area (Å²) in [5.74, 6) is 0.288. The highest BCUT2D eigenvalue weighted by atomic mass is 32.2. The third kappa shape index (κ3) is 3.56. The highest BCUT2D eigenvalue weighted by molar-refractivity contribution is 7.92. The maximum atomic E-state index is 11.2. The average molecular weight is 176 g/mol. The van der Waals surface area contributed by atoms with Crippen molar-refractivity contribution in [2.45, 2.75) is 31.9 Å². The number of hydrogen-bond donors (Lipinski definition) is 0. The molecule has 66 valence electrons. The predicted molar refractivity (Wildman–Crippen MR) is 48.4 cm³/mol. The summed E-state index contributed by atoms with van der Waals surface area (Å²) in [6.07, 6.45) is 3.15. The standard InChI is InChI=1S/C8H16O2S/c1-4-6-7-11(9,10)8(3)5-2/h5,8H,2,4,6-7H2,1,3H3. The van der Waals surface area contributed by atoms with Crippen LogP contribution in [0.1, 0.15) is 26.7 Å². The Hall–Kier alpha value is -0.310. The van der Waals surface area contributed by atoms with E-state index in [9.17, 15) is 8.42 Å². The van der Waals surface area contributed by atoms with Crippen LogP contribution in [-0.2, 0) is 9.84 Å². The van der Waals surface area contributed by atoms with Crippen LogP contribution >= 0.6 is 0 Å². The van der Waals surface area contributed by atoms with E-state index in [-0.39, 0.29) is 5.75 Å². The Balaban J connectivity index is 4.11. The molecule has 0 heterocycles. The quantitative estimate of drug-likeness (QED) is 0.598. The Morgan fingerprint density at radius 1 is 1.55 bits per heavy atom. The number of unbranched alkanes of at least 4 members (excludes halogenated alkanes) is 1. The van der Waals surface area contributed by atoms with Gasteiger partial charge in [-0.1, -0.05) is 19.4 Å². The molecule has 0 aliphatic heterocycles. The van der Waals surface area contributed by atoms with Gasteiger partial charge in [-0.05, 0) is 13.3 Å². The fraction of sp³-hybridized carbons (Fsp3) is 0.750. The molecular formula is C8H16O2S. The van der Waals surface area contributed by atoms with Gasteiger partial charge in [0.2, 0.25) is 0 Å². The average Bonchev–Trinajstić information content (AvgIpc) is 1.99. The molecular weight excluding hydrogens is 160 g/mol. The van der Waals surface area contributed by atoms with E-state index in [4.69, 9.17) is 0 Å². The van der Waals surface area contributed by atoms with Gasteiger partial charge in [-0.3, -0.25) is 0 Å². The van der Waals surface area contributed by atoms with E-state index in [1.54, 1.807) is 6.92 Å². The minimum absolute atomic E-state index is 0.288. The van der Waals surface area contributed by atoms with E-state index >= 15 is 0 Å². The molecule has 0 N–H and O–H groups in total. The van der Waals surface area contributed by atoms with E-state index in [1.165, 1.54) is 6.08 Å². The first-order chi connectivity index (χ1) is 5.04. The van der Waals surface area contributed by atoms with Crippen molar-refractivity contribution >= 4 is 9.84 Å². The molecule has 0 aromatic rings. The van der Waals surface area contributed by atoms with Crippen molar-refractivity contribution in [2.24, 2.45) is 0 Å². The van der Waals surface area contributed by atoms with E-state index in [2.05, 4.69) is 6.58 Å². The summed E-state index contributed by atoms with van der Waals surface area (Å²) < 4.78 is 22.5. The summed E-state index contributed by atoms with van der Waals surface area (Å²) >= 11 is 0. The second kappa shape index (κ2) is 4.54. The SMILES string of the molecule is C=CC(C)S(=O)(=O)CCCC. The van der Waals surface area contributed by atoms with Crippen LogP contribution in [0.15, 0.2) is 12.7 Å². The van der Waals surface area contributed by atoms with Crippen LogP contribution in [0.5, 0.6) is 0 Å². The van der Waals surface area contributed by atoms with Crippen LogP contribution in [0.4, 0.5) is 0 Å². The van der Waals surface area contributed by atoms with E-state index in [0.29, 0.717) is 0 Å². The first-order valence-corrected chi connectivity index (χ1v) is 5.60. The lowest BCUT2D eigenvalue weighted by molar-refractivity contribution is 0.588. The van der Waals surface area contributed by atoms with Gasteiger partial charge in [0.15, 0.2) is 9.84 Å². The lowest BCUT2D eigenvalue weighted by Gasteiger charge is -2.06. The minimum atomic E-state index is -2.89. The molecule has 1 unspecified atom stereocenters. The van der Waals surface area contributed by atoms with E-state index in [0.717, 1.165) is 12.8 Å². The van der Waals surface area contributed by atoms with Gasteiger partial charge in [0.25, 0.3) is 0 Å². The van der Waals surface area contributed by atoms with Crippen LogP contribution in [0.2, 0.25) is 0 Å². The second-order valence-corrected chi connectivity index (χ2v) is 5.14. The molecule has 3 heteroatoms. The Kier molecular flexibility index (Phi) is 4.42. The Morgan fingerprint density at radius 2 is 2.09 bits per heavy atom. The fourth-order valence-electron chi connectivity index (χ4n) is 0.678. The maximum absolute atomic E-state index is 11.2. The second-order valence-electron chi connectivity index (χ2n) is 2.66. The van der Waals surface area contributed by atoms with Crippen LogP contribution < -0.4 is 0 Å². The first kappa shape index (κ1) is 10.7. The van der Waals surface area contributed by atoms with Gasteiger partial charge in [-0.2, -0.15) is 0 Å². The molecule has 0 aliphatic rings. The van der Waals surface area contributed by atoms with Crippen LogP contribution in [0.25, 0.3) is 0 Å². The smallest absolute Gasteiger partial charge is 0.156 e. The molecule has 1 atom stereocenters. The highest BCUT2D eigenvalue weighted by Gasteiger charge is 2.15. The Bertz CT molecular complexity index is 204. The van der Waals surface area contributed by atoms with Gasteiger partial charge in [0, 0.05) is 0 Å². The molecule has 0 radical (unpaired) electrons. The van der Waals surface area contributed by atoms with Crippen molar-refractivity contribution in [1.82, 2.24) is 0 Å². The van der Waals surface area contributed by atoms with E-state index < -0.39 is 15.1 Å². The molecule has 0 bridgehead atoms. The molecule has 0 spiro atoms. The number of sulfone groups is 1.